The summed E-state index contributed by atoms with van der Waals surface area (Å²) >= 11 is 0. The quantitative estimate of drug-likeness (QED) is 0.757. The first kappa shape index (κ1) is 13.3. The lowest BCUT2D eigenvalue weighted by molar-refractivity contribution is -0.139. The molecule has 0 aromatic carbocycles. The summed E-state index contributed by atoms with van der Waals surface area (Å²) in [7, 11) is 1.79. The van der Waals surface area contributed by atoms with Crippen molar-refractivity contribution in [3.8, 4) is 0 Å². The molecule has 20 heavy (non-hydrogen) atoms. The Kier molecular flexibility index (Phi) is 3.81. The second-order valence-corrected chi connectivity index (χ2v) is 5.63. The number of rotatable bonds is 5. The minimum atomic E-state index is -0.0469. The van der Waals surface area contributed by atoms with E-state index in [4.69, 9.17) is 4.84 Å². The number of hydrogen-bond acceptors (Lipinski definition) is 6. The molecule has 1 amide bonds. The van der Waals surface area contributed by atoms with Crippen LogP contribution in [0.2, 0.25) is 0 Å². The Labute approximate surface area is 117 Å². The Bertz CT molecular complexity index is 464. The minimum Gasteiger partial charge on any atom is -0.338 e. The van der Waals surface area contributed by atoms with Gasteiger partial charge in [0, 0.05) is 20.1 Å². The summed E-state index contributed by atoms with van der Waals surface area (Å²) in [6.45, 7) is 1.90. The van der Waals surface area contributed by atoms with Crippen LogP contribution < -0.4 is 10.4 Å². The molecule has 2 fully saturated rings. The topological polar surface area (TPSA) is 85.2 Å². The van der Waals surface area contributed by atoms with Gasteiger partial charge in [-0.1, -0.05) is 17.9 Å². The highest BCUT2D eigenvalue weighted by Crippen LogP contribution is 2.24. The van der Waals surface area contributed by atoms with Crippen molar-refractivity contribution in [2.45, 2.75) is 25.7 Å². The molecule has 110 valence electrons. The second kappa shape index (κ2) is 5.74. The summed E-state index contributed by atoms with van der Waals surface area (Å²) in [5.74, 6) is 1.21. The second-order valence-electron chi connectivity index (χ2n) is 5.63. The SMILES string of the molecule is Cn1nnnc1N1CC(C(=O)NOCC2CCCC2)C1. The largest absolute Gasteiger partial charge is 0.338 e. The normalized spacial score (nSPS) is 20.1. The highest BCUT2D eigenvalue weighted by molar-refractivity contribution is 5.80. The average molecular weight is 280 g/mol. The molecular weight excluding hydrogens is 260 g/mol. The fraction of sp³-hybridized carbons (Fsp3) is 0.833. The zero-order valence-corrected chi connectivity index (χ0v) is 11.7. The van der Waals surface area contributed by atoms with Gasteiger partial charge in [-0.15, -0.1) is 0 Å². The number of aromatic nitrogens is 4. The molecule has 0 unspecified atom stereocenters. The van der Waals surface area contributed by atoms with Crippen LogP contribution in [0.5, 0.6) is 0 Å². The van der Waals surface area contributed by atoms with Crippen molar-refractivity contribution in [1.82, 2.24) is 25.7 Å². The molecule has 0 atom stereocenters. The van der Waals surface area contributed by atoms with E-state index in [1.807, 2.05) is 4.90 Å². The third-order valence-corrected chi connectivity index (χ3v) is 4.10. The molecule has 0 spiro atoms. The minimum absolute atomic E-state index is 0.0460. The molecule has 1 saturated heterocycles. The predicted molar refractivity (Wildman–Crippen MR) is 70.6 cm³/mol. The van der Waals surface area contributed by atoms with Gasteiger partial charge in [0.2, 0.25) is 11.9 Å². The van der Waals surface area contributed by atoms with Crippen LogP contribution in [-0.4, -0.2) is 45.8 Å². The molecular formula is C12H20N6O2. The van der Waals surface area contributed by atoms with Crippen molar-refractivity contribution in [3.63, 3.8) is 0 Å². The van der Waals surface area contributed by atoms with E-state index < -0.39 is 0 Å². The predicted octanol–water partition coefficient (Wildman–Crippen LogP) is -0.116. The Morgan fingerprint density at radius 2 is 2.15 bits per heavy atom. The summed E-state index contributed by atoms with van der Waals surface area (Å²) in [4.78, 5) is 19.2. The van der Waals surface area contributed by atoms with E-state index in [0.29, 0.717) is 31.6 Å². The Morgan fingerprint density at radius 1 is 1.40 bits per heavy atom. The van der Waals surface area contributed by atoms with E-state index in [2.05, 4.69) is 21.0 Å². The van der Waals surface area contributed by atoms with Gasteiger partial charge in [-0.05, 0) is 29.2 Å². The summed E-state index contributed by atoms with van der Waals surface area (Å²) in [6.07, 6.45) is 5.00. The molecule has 0 bridgehead atoms. The van der Waals surface area contributed by atoms with Crippen LogP contribution in [0.25, 0.3) is 0 Å². The molecule has 0 radical (unpaired) electrons. The summed E-state index contributed by atoms with van der Waals surface area (Å²) in [5, 5.41) is 11.3. The third kappa shape index (κ3) is 2.74. The zero-order chi connectivity index (χ0) is 13.9. The molecule has 1 aromatic heterocycles. The fourth-order valence-corrected chi connectivity index (χ4v) is 2.79. The lowest BCUT2D eigenvalue weighted by Gasteiger charge is -2.37. The number of hydrogen-bond donors (Lipinski definition) is 1. The lowest BCUT2D eigenvalue weighted by Crippen LogP contribution is -2.54. The average Bonchev–Trinajstić information content (AvgIpc) is 3.00. The van der Waals surface area contributed by atoms with Crippen molar-refractivity contribution < 1.29 is 9.63 Å². The van der Waals surface area contributed by atoms with Crippen LogP contribution in [0, 0.1) is 11.8 Å². The van der Waals surface area contributed by atoms with E-state index in [-0.39, 0.29) is 11.8 Å². The molecule has 2 heterocycles. The monoisotopic (exact) mass is 280 g/mol. The third-order valence-electron chi connectivity index (χ3n) is 4.10. The zero-order valence-electron chi connectivity index (χ0n) is 11.7. The summed E-state index contributed by atoms with van der Waals surface area (Å²) in [5.41, 5.74) is 2.57. The summed E-state index contributed by atoms with van der Waals surface area (Å²) in [6, 6.07) is 0. The maximum Gasteiger partial charge on any atom is 0.250 e. The highest BCUT2D eigenvalue weighted by Gasteiger charge is 2.35. The van der Waals surface area contributed by atoms with Crippen molar-refractivity contribution in [3.05, 3.63) is 0 Å². The van der Waals surface area contributed by atoms with Crippen LogP contribution >= 0.6 is 0 Å². The van der Waals surface area contributed by atoms with Gasteiger partial charge in [0.15, 0.2) is 0 Å². The Hall–Kier alpha value is -1.70. The number of carbonyl (C=O) groups is 1. The smallest absolute Gasteiger partial charge is 0.250 e. The fourth-order valence-electron chi connectivity index (χ4n) is 2.79. The lowest BCUT2D eigenvalue weighted by atomic mass is 10.0. The van der Waals surface area contributed by atoms with Crippen LogP contribution in [0.3, 0.4) is 0 Å². The standard InChI is InChI=1S/C12H20N6O2/c1-17-12(13-15-16-17)18-6-10(7-18)11(19)14-20-8-9-4-2-3-5-9/h9-10H,2-8H2,1H3,(H,14,19). The first-order chi connectivity index (χ1) is 9.74. The molecule has 3 rings (SSSR count). The van der Waals surface area contributed by atoms with Crippen molar-refractivity contribution in [2.75, 3.05) is 24.6 Å². The van der Waals surface area contributed by atoms with Crippen LogP contribution in [-0.2, 0) is 16.7 Å². The van der Waals surface area contributed by atoms with E-state index in [1.54, 1.807) is 11.7 Å². The molecule has 2 aliphatic rings. The Balaban J connectivity index is 1.36. The molecule has 8 heteroatoms. The molecule has 1 N–H and O–H groups in total. The molecule has 1 aliphatic heterocycles. The van der Waals surface area contributed by atoms with Gasteiger partial charge in [0.25, 0.3) is 0 Å². The van der Waals surface area contributed by atoms with E-state index >= 15 is 0 Å². The molecule has 1 aromatic rings. The van der Waals surface area contributed by atoms with Gasteiger partial charge in [-0.2, -0.15) is 0 Å². The van der Waals surface area contributed by atoms with Crippen molar-refractivity contribution in [2.24, 2.45) is 18.9 Å². The van der Waals surface area contributed by atoms with E-state index in [1.165, 1.54) is 25.7 Å². The van der Waals surface area contributed by atoms with Gasteiger partial charge in [0.1, 0.15) is 0 Å². The number of amides is 1. The number of carbonyl (C=O) groups excluding carboxylic acids is 1. The van der Waals surface area contributed by atoms with Crippen LogP contribution in [0.4, 0.5) is 5.95 Å². The number of nitrogens with one attached hydrogen (secondary N) is 1. The van der Waals surface area contributed by atoms with Crippen molar-refractivity contribution >= 4 is 11.9 Å². The first-order valence-corrected chi connectivity index (χ1v) is 7.13. The Morgan fingerprint density at radius 3 is 2.80 bits per heavy atom. The van der Waals surface area contributed by atoms with Gasteiger partial charge < -0.3 is 4.90 Å². The number of hydroxylamine groups is 1. The first-order valence-electron chi connectivity index (χ1n) is 7.13. The van der Waals surface area contributed by atoms with E-state index in [9.17, 15) is 4.79 Å². The van der Waals surface area contributed by atoms with Gasteiger partial charge in [-0.25, -0.2) is 10.2 Å². The maximum absolute atomic E-state index is 11.9. The molecule has 1 saturated carbocycles. The van der Waals surface area contributed by atoms with Crippen LogP contribution in [0.1, 0.15) is 25.7 Å². The number of aryl methyl sites for hydroxylation is 1. The number of tetrazole rings is 1. The summed E-state index contributed by atoms with van der Waals surface area (Å²) < 4.78 is 1.60. The van der Waals surface area contributed by atoms with Crippen LogP contribution in [0.15, 0.2) is 0 Å². The number of anilines is 1. The van der Waals surface area contributed by atoms with E-state index in [0.717, 1.165) is 0 Å². The highest BCUT2D eigenvalue weighted by atomic mass is 16.7. The van der Waals surface area contributed by atoms with Crippen molar-refractivity contribution in [1.29, 1.82) is 0 Å². The van der Waals surface area contributed by atoms with Gasteiger partial charge in [0.05, 0.1) is 12.5 Å². The van der Waals surface area contributed by atoms with Gasteiger partial charge in [-0.3, -0.25) is 9.63 Å². The number of nitrogens with zero attached hydrogens (tertiary/aromatic N) is 5. The van der Waals surface area contributed by atoms with Gasteiger partial charge >= 0.3 is 0 Å². The maximum atomic E-state index is 11.9. The molecule has 8 nitrogen and oxygen atoms in total. The molecule has 1 aliphatic carbocycles.